The Morgan fingerprint density at radius 2 is 2.15 bits per heavy atom. The summed E-state index contributed by atoms with van der Waals surface area (Å²) in [6.07, 6.45) is 4.43. The number of hydrogen-bond donors (Lipinski definition) is 1. The molecule has 0 fully saturated rings. The largest absolute Gasteiger partial charge is 0.399 e. The van der Waals surface area contributed by atoms with E-state index in [4.69, 9.17) is 5.73 Å². The Morgan fingerprint density at radius 1 is 1.25 bits per heavy atom. The average Bonchev–Trinajstić information content (AvgIpc) is 2.92. The fourth-order valence-corrected chi connectivity index (χ4v) is 2.91. The standard InChI is InChI=1S/C16H15N3S/c1-11-4-5-14(17)7-13(11)8-16-19-15(10-20-16)12-3-2-6-18-9-12/h2-7,9-10H,8,17H2,1H3. The molecule has 0 saturated heterocycles. The van der Waals surface area contributed by atoms with Crippen LogP contribution in [-0.4, -0.2) is 9.97 Å². The van der Waals surface area contributed by atoms with Crippen molar-refractivity contribution in [1.82, 2.24) is 9.97 Å². The average molecular weight is 281 g/mol. The monoisotopic (exact) mass is 281 g/mol. The van der Waals surface area contributed by atoms with Crippen molar-refractivity contribution in [2.24, 2.45) is 0 Å². The predicted molar refractivity (Wildman–Crippen MR) is 83.7 cm³/mol. The SMILES string of the molecule is Cc1ccc(N)cc1Cc1nc(-c2cccnc2)cs1. The van der Waals surface area contributed by atoms with Crippen molar-refractivity contribution in [2.75, 3.05) is 5.73 Å². The number of nitrogens with two attached hydrogens (primary N) is 1. The van der Waals surface area contributed by atoms with E-state index in [1.807, 2.05) is 30.5 Å². The van der Waals surface area contributed by atoms with Gasteiger partial charge in [-0.1, -0.05) is 6.07 Å². The van der Waals surface area contributed by atoms with Crippen molar-refractivity contribution >= 4 is 17.0 Å². The van der Waals surface area contributed by atoms with Crippen LogP contribution in [-0.2, 0) is 6.42 Å². The van der Waals surface area contributed by atoms with E-state index in [9.17, 15) is 0 Å². The van der Waals surface area contributed by atoms with Crippen molar-refractivity contribution in [3.05, 3.63) is 64.2 Å². The van der Waals surface area contributed by atoms with E-state index in [0.29, 0.717) is 0 Å². The first kappa shape index (κ1) is 12.8. The summed E-state index contributed by atoms with van der Waals surface area (Å²) in [5.41, 5.74) is 11.2. The summed E-state index contributed by atoms with van der Waals surface area (Å²) in [6, 6.07) is 9.97. The second-order valence-electron chi connectivity index (χ2n) is 4.73. The molecule has 0 spiro atoms. The minimum Gasteiger partial charge on any atom is -0.399 e. The fourth-order valence-electron chi connectivity index (χ4n) is 2.08. The van der Waals surface area contributed by atoms with Crippen LogP contribution in [0.15, 0.2) is 48.1 Å². The van der Waals surface area contributed by atoms with Gasteiger partial charge in [0.15, 0.2) is 0 Å². The molecule has 0 atom stereocenters. The van der Waals surface area contributed by atoms with E-state index in [1.54, 1.807) is 17.5 Å². The Bertz CT molecular complexity index is 720. The van der Waals surface area contributed by atoms with Crippen LogP contribution in [0.1, 0.15) is 16.1 Å². The van der Waals surface area contributed by atoms with Crippen LogP contribution in [0.5, 0.6) is 0 Å². The molecule has 4 heteroatoms. The summed E-state index contributed by atoms with van der Waals surface area (Å²) < 4.78 is 0. The smallest absolute Gasteiger partial charge is 0.0976 e. The third-order valence-electron chi connectivity index (χ3n) is 3.22. The highest BCUT2D eigenvalue weighted by molar-refractivity contribution is 7.10. The third-order valence-corrected chi connectivity index (χ3v) is 4.07. The highest BCUT2D eigenvalue weighted by atomic mass is 32.1. The van der Waals surface area contributed by atoms with Gasteiger partial charge in [0.1, 0.15) is 0 Å². The van der Waals surface area contributed by atoms with E-state index in [0.717, 1.165) is 28.4 Å². The Balaban J connectivity index is 1.86. The summed E-state index contributed by atoms with van der Waals surface area (Å²) >= 11 is 1.67. The van der Waals surface area contributed by atoms with Gasteiger partial charge in [0.2, 0.25) is 0 Å². The van der Waals surface area contributed by atoms with Crippen LogP contribution in [0.3, 0.4) is 0 Å². The molecule has 0 aliphatic rings. The molecule has 3 aromatic rings. The number of nitrogens with zero attached hydrogens (tertiary/aromatic N) is 2. The van der Waals surface area contributed by atoms with Gasteiger partial charge in [-0.15, -0.1) is 11.3 Å². The maximum Gasteiger partial charge on any atom is 0.0976 e. The number of rotatable bonds is 3. The van der Waals surface area contributed by atoms with E-state index in [2.05, 4.69) is 28.3 Å². The summed E-state index contributed by atoms with van der Waals surface area (Å²) in [4.78, 5) is 8.81. The van der Waals surface area contributed by atoms with Gasteiger partial charge in [0, 0.05) is 35.4 Å². The number of aryl methyl sites for hydroxylation is 1. The topological polar surface area (TPSA) is 51.8 Å². The molecule has 3 nitrogen and oxygen atoms in total. The zero-order valence-electron chi connectivity index (χ0n) is 11.2. The van der Waals surface area contributed by atoms with E-state index in [1.165, 1.54) is 11.1 Å². The molecule has 1 aromatic carbocycles. The molecule has 0 bridgehead atoms. The molecule has 0 saturated carbocycles. The first-order chi connectivity index (χ1) is 9.72. The lowest BCUT2D eigenvalue weighted by Crippen LogP contribution is -1.94. The maximum atomic E-state index is 5.85. The number of aromatic nitrogens is 2. The second-order valence-corrected chi connectivity index (χ2v) is 5.67. The summed E-state index contributed by atoms with van der Waals surface area (Å²) in [5, 5.41) is 3.17. The highest BCUT2D eigenvalue weighted by Crippen LogP contribution is 2.24. The number of anilines is 1. The Morgan fingerprint density at radius 3 is 2.95 bits per heavy atom. The minimum absolute atomic E-state index is 0.801. The molecule has 3 rings (SSSR count). The lowest BCUT2D eigenvalue weighted by molar-refractivity contribution is 1.12. The Labute approximate surface area is 122 Å². The van der Waals surface area contributed by atoms with Gasteiger partial charge in [-0.3, -0.25) is 4.98 Å². The first-order valence-corrected chi connectivity index (χ1v) is 7.30. The maximum absolute atomic E-state index is 5.85. The molecule has 0 aliphatic carbocycles. The lowest BCUT2D eigenvalue weighted by Gasteiger charge is -2.04. The van der Waals surface area contributed by atoms with Crippen LogP contribution < -0.4 is 5.73 Å². The molecule has 100 valence electrons. The number of pyridine rings is 1. The van der Waals surface area contributed by atoms with Gasteiger partial charge in [-0.2, -0.15) is 0 Å². The van der Waals surface area contributed by atoms with Gasteiger partial charge >= 0.3 is 0 Å². The molecule has 0 radical (unpaired) electrons. The lowest BCUT2D eigenvalue weighted by atomic mass is 10.1. The molecule has 2 aromatic heterocycles. The summed E-state index contributed by atoms with van der Waals surface area (Å²) in [6.45, 7) is 2.10. The summed E-state index contributed by atoms with van der Waals surface area (Å²) in [5.74, 6) is 0. The van der Waals surface area contributed by atoms with E-state index < -0.39 is 0 Å². The first-order valence-electron chi connectivity index (χ1n) is 6.42. The van der Waals surface area contributed by atoms with Crippen molar-refractivity contribution in [1.29, 1.82) is 0 Å². The quantitative estimate of drug-likeness (QED) is 0.745. The van der Waals surface area contributed by atoms with E-state index >= 15 is 0 Å². The Hall–Kier alpha value is -2.20. The van der Waals surface area contributed by atoms with E-state index in [-0.39, 0.29) is 0 Å². The van der Waals surface area contributed by atoms with Gasteiger partial charge in [-0.05, 0) is 42.3 Å². The minimum atomic E-state index is 0.801. The van der Waals surface area contributed by atoms with Crippen molar-refractivity contribution in [3.8, 4) is 11.3 Å². The van der Waals surface area contributed by atoms with Crippen LogP contribution in [0, 0.1) is 6.92 Å². The number of thiazole rings is 1. The van der Waals surface area contributed by atoms with Crippen LogP contribution in [0.2, 0.25) is 0 Å². The van der Waals surface area contributed by atoms with Crippen LogP contribution in [0.4, 0.5) is 5.69 Å². The van der Waals surface area contributed by atoms with Crippen molar-refractivity contribution < 1.29 is 0 Å². The molecular formula is C16H15N3S. The zero-order chi connectivity index (χ0) is 13.9. The van der Waals surface area contributed by atoms with Crippen molar-refractivity contribution in [3.63, 3.8) is 0 Å². The fraction of sp³-hybridized carbons (Fsp3) is 0.125. The number of benzene rings is 1. The van der Waals surface area contributed by atoms with Crippen LogP contribution in [0.25, 0.3) is 11.3 Å². The Kier molecular flexibility index (Phi) is 3.48. The van der Waals surface area contributed by atoms with Crippen molar-refractivity contribution in [2.45, 2.75) is 13.3 Å². The molecule has 2 heterocycles. The molecule has 2 N–H and O–H groups in total. The molecule has 0 amide bonds. The van der Waals surface area contributed by atoms with Gasteiger partial charge < -0.3 is 5.73 Å². The predicted octanol–water partition coefficient (Wildman–Crippen LogP) is 3.69. The second kappa shape index (κ2) is 5.43. The normalized spacial score (nSPS) is 10.7. The number of nitrogen functional groups attached to an aromatic ring is 1. The molecular weight excluding hydrogens is 266 g/mol. The van der Waals surface area contributed by atoms with Gasteiger partial charge in [0.25, 0.3) is 0 Å². The van der Waals surface area contributed by atoms with Gasteiger partial charge in [-0.25, -0.2) is 4.98 Å². The summed E-state index contributed by atoms with van der Waals surface area (Å²) in [7, 11) is 0. The molecule has 0 unspecified atom stereocenters. The molecule has 20 heavy (non-hydrogen) atoms. The molecule has 0 aliphatic heterocycles. The zero-order valence-corrected chi connectivity index (χ0v) is 12.0. The highest BCUT2D eigenvalue weighted by Gasteiger charge is 2.07. The number of hydrogen-bond acceptors (Lipinski definition) is 4. The third kappa shape index (κ3) is 2.70. The van der Waals surface area contributed by atoms with Crippen LogP contribution >= 0.6 is 11.3 Å². The van der Waals surface area contributed by atoms with Gasteiger partial charge in [0.05, 0.1) is 10.7 Å².